The molecule has 1 N–H and O–H groups in total. The zero-order valence-electron chi connectivity index (χ0n) is 8.62. The standard InChI is InChI=1S/C10H16N2OS/c1-11-6-4-7-12(2)10(13)9-5-3-8-14-9/h3,5,8,11H,4,6-7H2,1-2H3. The molecule has 0 spiro atoms. The van der Waals surface area contributed by atoms with E-state index in [4.69, 9.17) is 0 Å². The minimum absolute atomic E-state index is 0.121. The number of thiophene rings is 1. The summed E-state index contributed by atoms with van der Waals surface area (Å²) in [6.45, 7) is 1.75. The Bertz CT molecular complexity index is 272. The van der Waals surface area contributed by atoms with Crippen molar-refractivity contribution in [3.8, 4) is 0 Å². The molecule has 3 nitrogen and oxygen atoms in total. The van der Waals surface area contributed by atoms with Crippen LogP contribution in [0.15, 0.2) is 17.5 Å². The molecule has 0 aliphatic carbocycles. The Hall–Kier alpha value is -0.870. The summed E-state index contributed by atoms with van der Waals surface area (Å²) < 4.78 is 0. The Kier molecular flexibility index (Phi) is 4.62. The SMILES string of the molecule is CNCCCN(C)C(=O)c1cccs1. The fraction of sp³-hybridized carbons (Fsp3) is 0.500. The number of rotatable bonds is 5. The van der Waals surface area contributed by atoms with Crippen LogP contribution < -0.4 is 5.32 Å². The Morgan fingerprint density at radius 2 is 2.43 bits per heavy atom. The summed E-state index contributed by atoms with van der Waals surface area (Å²) >= 11 is 1.49. The third kappa shape index (κ3) is 3.12. The first-order valence-electron chi connectivity index (χ1n) is 4.69. The van der Waals surface area contributed by atoms with Gasteiger partial charge in [0.05, 0.1) is 4.88 Å². The normalized spacial score (nSPS) is 10.1. The summed E-state index contributed by atoms with van der Waals surface area (Å²) in [5.41, 5.74) is 0. The first kappa shape index (κ1) is 11.2. The molecule has 0 radical (unpaired) electrons. The smallest absolute Gasteiger partial charge is 0.263 e. The lowest BCUT2D eigenvalue weighted by Gasteiger charge is -2.15. The Labute approximate surface area is 88.7 Å². The highest BCUT2D eigenvalue weighted by Gasteiger charge is 2.11. The second-order valence-electron chi connectivity index (χ2n) is 3.16. The van der Waals surface area contributed by atoms with Crippen molar-refractivity contribution in [2.45, 2.75) is 6.42 Å². The predicted molar refractivity (Wildman–Crippen MR) is 59.8 cm³/mol. The van der Waals surface area contributed by atoms with Crippen LogP contribution in [0.2, 0.25) is 0 Å². The molecule has 4 heteroatoms. The van der Waals surface area contributed by atoms with Gasteiger partial charge in [0.1, 0.15) is 0 Å². The Balaban J connectivity index is 2.37. The second kappa shape index (κ2) is 5.78. The number of amides is 1. The van der Waals surface area contributed by atoms with Gasteiger partial charge in [-0.05, 0) is 31.5 Å². The average Bonchev–Trinajstić information content (AvgIpc) is 2.69. The largest absolute Gasteiger partial charge is 0.341 e. The highest BCUT2D eigenvalue weighted by molar-refractivity contribution is 7.12. The van der Waals surface area contributed by atoms with Crippen molar-refractivity contribution in [1.82, 2.24) is 10.2 Å². The van der Waals surface area contributed by atoms with E-state index in [1.165, 1.54) is 11.3 Å². The van der Waals surface area contributed by atoms with Crippen molar-refractivity contribution in [2.75, 3.05) is 27.2 Å². The van der Waals surface area contributed by atoms with E-state index in [2.05, 4.69) is 5.32 Å². The maximum absolute atomic E-state index is 11.7. The minimum atomic E-state index is 0.121. The maximum atomic E-state index is 11.7. The van der Waals surface area contributed by atoms with Crippen molar-refractivity contribution >= 4 is 17.2 Å². The molecule has 0 atom stereocenters. The van der Waals surface area contributed by atoms with Gasteiger partial charge in [0, 0.05) is 13.6 Å². The summed E-state index contributed by atoms with van der Waals surface area (Å²) in [4.78, 5) is 14.3. The van der Waals surface area contributed by atoms with Crippen molar-refractivity contribution in [1.29, 1.82) is 0 Å². The van der Waals surface area contributed by atoms with E-state index in [9.17, 15) is 4.79 Å². The van der Waals surface area contributed by atoms with Crippen LogP contribution in [0.4, 0.5) is 0 Å². The third-order valence-electron chi connectivity index (χ3n) is 2.00. The second-order valence-corrected chi connectivity index (χ2v) is 4.11. The van der Waals surface area contributed by atoms with Gasteiger partial charge in [0.25, 0.3) is 5.91 Å². The van der Waals surface area contributed by atoms with E-state index in [0.29, 0.717) is 0 Å². The first-order valence-corrected chi connectivity index (χ1v) is 5.57. The van der Waals surface area contributed by atoms with Crippen molar-refractivity contribution in [3.63, 3.8) is 0 Å². The number of hydrogen-bond donors (Lipinski definition) is 1. The lowest BCUT2D eigenvalue weighted by molar-refractivity contribution is 0.0798. The van der Waals surface area contributed by atoms with Crippen molar-refractivity contribution in [2.24, 2.45) is 0 Å². The van der Waals surface area contributed by atoms with Crippen LogP contribution in [-0.4, -0.2) is 38.0 Å². The summed E-state index contributed by atoms with van der Waals surface area (Å²) in [6.07, 6.45) is 0.990. The lowest BCUT2D eigenvalue weighted by atomic mass is 10.3. The molecule has 1 rings (SSSR count). The monoisotopic (exact) mass is 212 g/mol. The Morgan fingerprint density at radius 3 is 3.00 bits per heavy atom. The molecule has 14 heavy (non-hydrogen) atoms. The molecule has 1 aromatic heterocycles. The summed E-state index contributed by atoms with van der Waals surface area (Å²) in [7, 11) is 3.76. The molecule has 1 heterocycles. The van der Waals surface area contributed by atoms with Gasteiger partial charge in [-0.15, -0.1) is 11.3 Å². The van der Waals surface area contributed by atoms with Gasteiger partial charge in [-0.3, -0.25) is 4.79 Å². The van der Waals surface area contributed by atoms with Gasteiger partial charge in [-0.25, -0.2) is 0 Å². The van der Waals surface area contributed by atoms with Gasteiger partial charge < -0.3 is 10.2 Å². The number of carbonyl (C=O) groups is 1. The van der Waals surface area contributed by atoms with Gasteiger partial charge in [-0.1, -0.05) is 6.07 Å². The van der Waals surface area contributed by atoms with E-state index < -0.39 is 0 Å². The molecule has 1 aromatic rings. The third-order valence-corrected chi connectivity index (χ3v) is 2.86. The predicted octanol–water partition coefficient (Wildman–Crippen LogP) is 1.43. The maximum Gasteiger partial charge on any atom is 0.263 e. The summed E-state index contributed by atoms with van der Waals surface area (Å²) in [6, 6.07) is 3.76. The van der Waals surface area contributed by atoms with E-state index >= 15 is 0 Å². The van der Waals surface area contributed by atoms with Crippen LogP contribution >= 0.6 is 11.3 Å². The first-order chi connectivity index (χ1) is 6.75. The van der Waals surface area contributed by atoms with Gasteiger partial charge in [0.15, 0.2) is 0 Å². The lowest BCUT2D eigenvalue weighted by Crippen LogP contribution is -2.28. The molecular weight excluding hydrogens is 196 g/mol. The zero-order valence-corrected chi connectivity index (χ0v) is 9.43. The fourth-order valence-corrected chi connectivity index (χ4v) is 1.90. The number of carbonyl (C=O) groups excluding carboxylic acids is 1. The molecule has 0 aliphatic heterocycles. The molecule has 78 valence electrons. The molecule has 0 unspecified atom stereocenters. The molecule has 0 fully saturated rings. The van der Waals surface area contributed by atoms with E-state index in [0.717, 1.165) is 24.4 Å². The van der Waals surface area contributed by atoms with Crippen molar-refractivity contribution in [3.05, 3.63) is 22.4 Å². The van der Waals surface area contributed by atoms with Crippen LogP contribution in [0.5, 0.6) is 0 Å². The molecular formula is C10H16N2OS. The van der Waals surface area contributed by atoms with Crippen LogP contribution in [0.1, 0.15) is 16.1 Å². The molecule has 0 saturated heterocycles. The van der Waals surface area contributed by atoms with Gasteiger partial charge in [0.2, 0.25) is 0 Å². The van der Waals surface area contributed by atoms with Gasteiger partial charge >= 0.3 is 0 Å². The number of hydrogen-bond acceptors (Lipinski definition) is 3. The van der Waals surface area contributed by atoms with E-state index in [1.54, 1.807) is 4.90 Å². The number of nitrogens with one attached hydrogen (secondary N) is 1. The molecule has 0 saturated carbocycles. The van der Waals surface area contributed by atoms with Crippen LogP contribution in [0.3, 0.4) is 0 Å². The average molecular weight is 212 g/mol. The van der Waals surface area contributed by atoms with Gasteiger partial charge in [-0.2, -0.15) is 0 Å². The Morgan fingerprint density at radius 1 is 1.64 bits per heavy atom. The summed E-state index contributed by atoms with van der Waals surface area (Å²) in [5.74, 6) is 0.121. The fourth-order valence-electron chi connectivity index (χ4n) is 1.18. The summed E-state index contributed by atoms with van der Waals surface area (Å²) in [5, 5.41) is 4.99. The van der Waals surface area contributed by atoms with Crippen LogP contribution in [0, 0.1) is 0 Å². The van der Waals surface area contributed by atoms with Crippen molar-refractivity contribution < 1.29 is 4.79 Å². The minimum Gasteiger partial charge on any atom is -0.341 e. The topological polar surface area (TPSA) is 32.3 Å². The number of nitrogens with zero attached hydrogens (tertiary/aromatic N) is 1. The highest BCUT2D eigenvalue weighted by Crippen LogP contribution is 2.10. The van der Waals surface area contributed by atoms with Crippen LogP contribution in [-0.2, 0) is 0 Å². The molecule has 1 amide bonds. The van der Waals surface area contributed by atoms with E-state index in [-0.39, 0.29) is 5.91 Å². The molecule has 0 bridgehead atoms. The quantitative estimate of drug-likeness (QED) is 0.749. The van der Waals surface area contributed by atoms with E-state index in [1.807, 2.05) is 31.6 Å². The molecule has 0 aliphatic rings. The molecule has 0 aromatic carbocycles. The zero-order chi connectivity index (χ0) is 10.4. The van der Waals surface area contributed by atoms with Crippen LogP contribution in [0.25, 0.3) is 0 Å². The highest BCUT2D eigenvalue weighted by atomic mass is 32.1.